The van der Waals surface area contributed by atoms with E-state index >= 15 is 0 Å². The molecule has 1 fully saturated rings. The maximum Gasteiger partial charge on any atom is 0.242 e. The van der Waals surface area contributed by atoms with Gasteiger partial charge in [0.2, 0.25) is 5.91 Å². The zero-order valence-electron chi connectivity index (χ0n) is 11.0. The number of thiazole rings is 1. The zero-order chi connectivity index (χ0) is 14.3. The Kier molecular flexibility index (Phi) is 3.75. The third-order valence-electron chi connectivity index (χ3n) is 3.10. The van der Waals surface area contributed by atoms with Gasteiger partial charge in [-0.25, -0.2) is 4.98 Å². The van der Waals surface area contributed by atoms with Crippen LogP contribution in [0.3, 0.4) is 0 Å². The summed E-state index contributed by atoms with van der Waals surface area (Å²) in [6.45, 7) is 3.93. The van der Waals surface area contributed by atoms with Gasteiger partial charge in [-0.05, 0) is 31.5 Å². The van der Waals surface area contributed by atoms with Crippen molar-refractivity contribution in [2.45, 2.75) is 24.5 Å². The van der Waals surface area contributed by atoms with Crippen LogP contribution in [0.25, 0.3) is 0 Å². The van der Waals surface area contributed by atoms with Crippen molar-refractivity contribution < 1.29 is 4.79 Å². The van der Waals surface area contributed by atoms with Crippen molar-refractivity contribution in [2.24, 2.45) is 0 Å². The summed E-state index contributed by atoms with van der Waals surface area (Å²) in [7, 11) is 0. The van der Waals surface area contributed by atoms with Crippen LogP contribution in [-0.4, -0.2) is 16.1 Å². The van der Waals surface area contributed by atoms with Gasteiger partial charge < -0.3 is 0 Å². The zero-order valence-corrected chi connectivity index (χ0v) is 13.4. The summed E-state index contributed by atoms with van der Waals surface area (Å²) in [5.74, 6) is 0.106. The average Bonchev–Trinajstić information content (AvgIpc) is 2.95. The van der Waals surface area contributed by atoms with Gasteiger partial charge in [0.25, 0.3) is 0 Å². The lowest BCUT2D eigenvalue weighted by molar-refractivity contribution is -0.117. The third kappa shape index (κ3) is 2.45. The van der Waals surface area contributed by atoms with Crippen LogP contribution >= 0.6 is 34.7 Å². The summed E-state index contributed by atoms with van der Waals surface area (Å²) < 4.78 is 0. The lowest BCUT2D eigenvalue weighted by atomic mass is 10.2. The molecule has 3 nitrogen and oxygen atoms in total. The van der Waals surface area contributed by atoms with E-state index in [0.29, 0.717) is 5.02 Å². The van der Waals surface area contributed by atoms with Gasteiger partial charge >= 0.3 is 0 Å². The molecule has 3 rings (SSSR count). The SMILES string of the molecule is Cc1cnc(N2C(=O)[C@@H](C)S[C@H]2c2cccc(Cl)c2)s1. The number of amides is 1. The Hall–Kier alpha value is -1.04. The molecule has 0 radical (unpaired) electrons. The minimum Gasteiger partial charge on any atom is -0.273 e. The van der Waals surface area contributed by atoms with Gasteiger partial charge in [0.15, 0.2) is 5.13 Å². The van der Waals surface area contributed by atoms with Crippen LogP contribution in [-0.2, 0) is 4.79 Å². The summed E-state index contributed by atoms with van der Waals surface area (Å²) >= 11 is 9.24. The third-order valence-corrected chi connectivity index (χ3v) is 5.60. The molecule has 0 unspecified atom stereocenters. The van der Waals surface area contributed by atoms with Gasteiger partial charge in [-0.2, -0.15) is 0 Å². The predicted molar refractivity (Wildman–Crippen MR) is 85.6 cm³/mol. The Morgan fingerprint density at radius 3 is 2.85 bits per heavy atom. The van der Waals surface area contributed by atoms with E-state index in [-0.39, 0.29) is 16.5 Å². The smallest absolute Gasteiger partial charge is 0.242 e. The van der Waals surface area contributed by atoms with E-state index in [4.69, 9.17) is 11.6 Å². The first-order valence-corrected chi connectivity index (χ1v) is 8.36. The first-order valence-electron chi connectivity index (χ1n) is 6.22. The first-order chi connectivity index (χ1) is 9.56. The minimum atomic E-state index is -0.0665. The number of halogens is 1. The molecule has 1 amide bonds. The standard InChI is InChI=1S/C14H13ClN2OS2/c1-8-7-16-14(19-8)17-12(18)9(2)20-13(17)10-4-3-5-11(15)6-10/h3-7,9,13H,1-2H3/t9-,13+/m1/s1. The largest absolute Gasteiger partial charge is 0.273 e. The van der Waals surface area contributed by atoms with Crippen molar-refractivity contribution in [3.63, 3.8) is 0 Å². The Morgan fingerprint density at radius 1 is 1.40 bits per heavy atom. The molecule has 0 aliphatic carbocycles. The van der Waals surface area contributed by atoms with Crippen LogP contribution in [0.1, 0.15) is 22.7 Å². The lowest BCUT2D eigenvalue weighted by Gasteiger charge is -2.21. The van der Waals surface area contributed by atoms with Crippen molar-refractivity contribution in [2.75, 3.05) is 4.90 Å². The summed E-state index contributed by atoms with van der Waals surface area (Å²) in [4.78, 5) is 19.7. The van der Waals surface area contributed by atoms with Crippen molar-refractivity contribution in [1.82, 2.24) is 4.98 Å². The minimum absolute atomic E-state index is 0.0539. The normalized spacial score (nSPS) is 22.6. The molecule has 0 N–H and O–H groups in total. The first kappa shape index (κ1) is 13.9. The van der Waals surface area contributed by atoms with Gasteiger partial charge in [0.05, 0.1) is 5.25 Å². The van der Waals surface area contributed by atoms with Gasteiger partial charge in [-0.1, -0.05) is 23.7 Å². The number of hydrogen-bond acceptors (Lipinski definition) is 4. The molecule has 1 aliphatic rings. The quantitative estimate of drug-likeness (QED) is 0.827. The lowest BCUT2D eigenvalue weighted by Crippen LogP contribution is -2.29. The predicted octanol–water partition coefficient (Wildman–Crippen LogP) is 4.27. The van der Waals surface area contributed by atoms with Crippen LogP contribution in [0.5, 0.6) is 0 Å². The molecule has 0 bridgehead atoms. The molecule has 1 aromatic heterocycles. The summed E-state index contributed by atoms with van der Waals surface area (Å²) in [6, 6.07) is 7.67. The Morgan fingerprint density at radius 2 is 2.20 bits per heavy atom. The maximum atomic E-state index is 12.4. The van der Waals surface area contributed by atoms with Gasteiger partial charge in [0.1, 0.15) is 5.37 Å². The molecule has 0 saturated carbocycles. The number of benzene rings is 1. The van der Waals surface area contributed by atoms with E-state index in [1.165, 1.54) is 0 Å². The molecular formula is C14H13ClN2OS2. The number of hydrogen-bond donors (Lipinski definition) is 0. The van der Waals surface area contributed by atoms with Crippen LogP contribution in [0.15, 0.2) is 30.5 Å². The van der Waals surface area contributed by atoms with Crippen molar-refractivity contribution in [1.29, 1.82) is 0 Å². The van der Waals surface area contributed by atoms with Crippen molar-refractivity contribution in [3.8, 4) is 0 Å². The highest BCUT2D eigenvalue weighted by Gasteiger charge is 2.40. The van der Waals surface area contributed by atoms with Crippen molar-refractivity contribution in [3.05, 3.63) is 45.9 Å². The average molecular weight is 325 g/mol. The number of nitrogens with zero attached hydrogens (tertiary/aromatic N) is 2. The molecule has 104 valence electrons. The fourth-order valence-electron chi connectivity index (χ4n) is 2.16. The second kappa shape index (κ2) is 5.39. The number of thioether (sulfide) groups is 1. The Bertz CT molecular complexity index is 658. The molecular weight excluding hydrogens is 312 g/mol. The van der Waals surface area contributed by atoms with Gasteiger partial charge in [-0.15, -0.1) is 23.1 Å². The molecule has 1 aromatic carbocycles. The molecule has 1 saturated heterocycles. The highest BCUT2D eigenvalue weighted by atomic mass is 35.5. The second-order valence-corrected chi connectivity index (χ2v) is 7.72. The molecule has 6 heteroatoms. The van der Waals surface area contributed by atoms with E-state index in [1.54, 1.807) is 34.2 Å². The number of aromatic nitrogens is 1. The maximum absolute atomic E-state index is 12.4. The topological polar surface area (TPSA) is 33.2 Å². The number of aryl methyl sites for hydroxylation is 1. The monoisotopic (exact) mass is 324 g/mol. The van der Waals surface area contributed by atoms with E-state index in [1.807, 2.05) is 38.1 Å². The van der Waals surface area contributed by atoms with Crippen LogP contribution in [0.4, 0.5) is 5.13 Å². The van der Waals surface area contributed by atoms with Gasteiger partial charge in [0, 0.05) is 16.1 Å². The summed E-state index contributed by atoms with van der Waals surface area (Å²) in [5.41, 5.74) is 1.04. The highest BCUT2D eigenvalue weighted by molar-refractivity contribution is 8.01. The highest BCUT2D eigenvalue weighted by Crippen LogP contribution is 2.46. The van der Waals surface area contributed by atoms with E-state index < -0.39 is 0 Å². The molecule has 2 heterocycles. The Balaban J connectivity index is 2.02. The molecule has 20 heavy (non-hydrogen) atoms. The van der Waals surface area contributed by atoms with Crippen LogP contribution in [0.2, 0.25) is 5.02 Å². The van der Waals surface area contributed by atoms with Crippen LogP contribution in [0, 0.1) is 6.92 Å². The van der Waals surface area contributed by atoms with Crippen LogP contribution < -0.4 is 4.90 Å². The molecule has 2 aromatic rings. The molecule has 1 aliphatic heterocycles. The summed E-state index contributed by atoms with van der Waals surface area (Å²) in [6.07, 6.45) is 1.80. The van der Waals surface area contributed by atoms with E-state index in [9.17, 15) is 4.79 Å². The fourth-order valence-corrected chi connectivity index (χ4v) is 4.46. The Labute approximate surface area is 131 Å². The van der Waals surface area contributed by atoms with E-state index in [0.717, 1.165) is 15.6 Å². The molecule has 2 atom stereocenters. The van der Waals surface area contributed by atoms with Gasteiger partial charge in [-0.3, -0.25) is 9.69 Å². The fraction of sp³-hybridized carbons (Fsp3) is 0.286. The molecule has 0 spiro atoms. The number of carbonyl (C=O) groups excluding carboxylic acids is 1. The van der Waals surface area contributed by atoms with Crippen molar-refractivity contribution >= 4 is 45.7 Å². The number of anilines is 1. The number of rotatable bonds is 2. The number of carbonyl (C=O) groups is 1. The second-order valence-electron chi connectivity index (χ2n) is 4.65. The van der Waals surface area contributed by atoms with E-state index in [2.05, 4.69) is 4.98 Å². The summed E-state index contributed by atoms with van der Waals surface area (Å²) in [5, 5.41) is 1.32.